The fraction of sp³-hybridized carbons (Fsp3) is 0.333. The number of thiazole rings is 1. The third-order valence-electron chi connectivity index (χ3n) is 4.39. The van der Waals surface area contributed by atoms with Crippen LogP contribution in [0.2, 0.25) is 0 Å². The number of nitrogens with one attached hydrogen (secondary N) is 1. The Hall–Kier alpha value is -2.20. The summed E-state index contributed by atoms with van der Waals surface area (Å²) in [6.45, 7) is 0. The second-order valence-electron chi connectivity index (χ2n) is 6.56. The Labute approximate surface area is 164 Å². The van der Waals surface area contributed by atoms with Crippen molar-refractivity contribution in [3.63, 3.8) is 0 Å². The Kier molecular flexibility index (Phi) is 5.90. The normalized spacial score (nSPS) is 23.0. The first-order valence-electron chi connectivity index (χ1n) is 8.36. The Morgan fingerprint density at radius 3 is 2.32 bits per heavy atom. The van der Waals surface area contributed by atoms with Gasteiger partial charge in [0.05, 0.1) is 11.1 Å². The smallest absolute Gasteiger partial charge is 0.257 e. The number of anilines is 1. The van der Waals surface area contributed by atoms with E-state index in [-0.39, 0.29) is 28.4 Å². The van der Waals surface area contributed by atoms with Crippen molar-refractivity contribution in [3.8, 4) is 0 Å². The summed E-state index contributed by atoms with van der Waals surface area (Å²) in [4.78, 5) is 16.5. The van der Waals surface area contributed by atoms with E-state index in [1.165, 1.54) is 30.3 Å². The van der Waals surface area contributed by atoms with Gasteiger partial charge in [-0.1, -0.05) is 29.5 Å². The lowest BCUT2D eigenvalue weighted by Gasteiger charge is -2.11. The zero-order chi connectivity index (χ0) is 20.5. The predicted octanol–water partition coefficient (Wildman–Crippen LogP) is 3.79. The van der Waals surface area contributed by atoms with Crippen molar-refractivity contribution in [1.29, 1.82) is 0 Å². The van der Waals surface area contributed by atoms with Gasteiger partial charge in [-0.3, -0.25) is 10.1 Å². The average molecular weight is 430 g/mol. The molecule has 28 heavy (non-hydrogen) atoms. The van der Waals surface area contributed by atoms with Gasteiger partial charge in [0, 0.05) is 11.8 Å². The summed E-state index contributed by atoms with van der Waals surface area (Å²) in [6, 6.07) is 5.58. The SMILES string of the molecule is CS(=O)(=O)c1ccc(/C(=C\C2CC(F)C(F)C2)C(=O)Nc2ncc(F)s2)cc1. The van der Waals surface area contributed by atoms with E-state index in [2.05, 4.69) is 10.3 Å². The molecule has 0 spiro atoms. The molecule has 1 N–H and O–H groups in total. The van der Waals surface area contributed by atoms with Gasteiger partial charge in [-0.05, 0) is 36.5 Å². The van der Waals surface area contributed by atoms with Crippen molar-refractivity contribution >= 4 is 37.8 Å². The molecule has 1 aromatic carbocycles. The Bertz CT molecular complexity index is 993. The summed E-state index contributed by atoms with van der Waals surface area (Å²) in [5.41, 5.74) is 0.488. The molecule has 150 valence electrons. The van der Waals surface area contributed by atoms with Crippen molar-refractivity contribution in [3.05, 3.63) is 47.2 Å². The number of hydrogen-bond donors (Lipinski definition) is 1. The third-order valence-corrected chi connectivity index (χ3v) is 6.22. The number of aromatic nitrogens is 1. The standard InChI is InChI=1S/C18H17F3N2O3S2/c1-28(25,26)12-4-2-11(3-5-12)13(6-10-7-14(19)15(20)8-10)17(24)23-18-22-9-16(21)27-18/h2-6,9-10,14-15H,7-8H2,1H3,(H,22,23,24)/b13-6+. The Morgan fingerprint density at radius 2 is 1.82 bits per heavy atom. The van der Waals surface area contributed by atoms with Gasteiger partial charge < -0.3 is 0 Å². The highest BCUT2D eigenvalue weighted by Gasteiger charge is 2.34. The van der Waals surface area contributed by atoms with Crippen LogP contribution in [0, 0.1) is 11.0 Å². The van der Waals surface area contributed by atoms with Crippen LogP contribution in [-0.4, -0.2) is 37.9 Å². The van der Waals surface area contributed by atoms with Crippen LogP contribution in [0.4, 0.5) is 18.3 Å². The van der Waals surface area contributed by atoms with E-state index in [0.29, 0.717) is 16.9 Å². The van der Waals surface area contributed by atoms with Crippen molar-refractivity contribution in [2.45, 2.75) is 30.1 Å². The molecule has 3 rings (SSSR count). The molecule has 2 atom stereocenters. The summed E-state index contributed by atoms with van der Waals surface area (Å²) < 4.78 is 63.4. The Morgan fingerprint density at radius 1 is 1.21 bits per heavy atom. The van der Waals surface area contributed by atoms with Gasteiger partial charge in [-0.2, -0.15) is 4.39 Å². The van der Waals surface area contributed by atoms with Crippen LogP contribution in [0.1, 0.15) is 18.4 Å². The number of nitrogens with zero attached hydrogens (tertiary/aromatic N) is 1. The van der Waals surface area contributed by atoms with Crippen LogP contribution in [0.5, 0.6) is 0 Å². The molecule has 0 saturated heterocycles. The predicted molar refractivity (Wildman–Crippen MR) is 101 cm³/mol. The van der Waals surface area contributed by atoms with Gasteiger partial charge in [0.25, 0.3) is 5.91 Å². The van der Waals surface area contributed by atoms with Gasteiger partial charge >= 0.3 is 0 Å². The zero-order valence-corrected chi connectivity index (χ0v) is 16.4. The summed E-state index contributed by atoms with van der Waals surface area (Å²) in [7, 11) is -3.42. The number of carbonyl (C=O) groups excluding carboxylic acids is 1. The Balaban J connectivity index is 1.93. The molecule has 1 amide bonds. The van der Waals surface area contributed by atoms with Crippen molar-refractivity contribution in [1.82, 2.24) is 4.98 Å². The fourth-order valence-corrected chi connectivity index (χ4v) is 4.17. The van der Waals surface area contributed by atoms with Gasteiger partial charge in [0.2, 0.25) is 0 Å². The molecule has 1 saturated carbocycles. The molecule has 1 fully saturated rings. The minimum absolute atomic E-state index is 0.0410. The van der Waals surface area contributed by atoms with E-state index >= 15 is 0 Å². The number of rotatable bonds is 5. The molecule has 0 radical (unpaired) electrons. The molecule has 1 aliphatic rings. The first-order valence-corrected chi connectivity index (χ1v) is 11.1. The molecule has 2 aromatic rings. The summed E-state index contributed by atoms with van der Waals surface area (Å²) >= 11 is 0.642. The lowest BCUT2D eigenvalue weighted by atomic mass is 9.98. The maximum Gasteiger partial charge on any atom is 0.257 e. The first kappa shape index (κ1) is 20.5. The molecule has 10 heteroatoms. The molecular formula is C18H17F3N2O3S2. The molecule has 5 nitrogen and oxygen atoms in total. The number of sulfone groups is 1. The van der Waals surface area contributed by atoms with Crippen molar-refractivity contribution < 1.29 is 26.4 Å². The number of allylic oxidation sites excluding steroid dienone is 1. The average Bonchev–Trinajstić information content (AvgIpc) is 3.17. The van der Waals surface area contributed by atoms with E-state index in [4.69, 9.17) is 0 Å². The third kappa shape index (κ3) is 4.79. The quantitative estimate of drug-likeness (QED) is 0.733. The van der Waals surface area contributed by atoms with E-state index in [0.717, 1.165) is 12.5 Å². The highest BCUT2D eigenvalue weighted by Crippen LogP contribution is 2.34. The number of benzene rings is 1. The number of hydrogen-bond acceptors (Lipinski definition) is 5. The van der Waals surface area contributed by atoms with Crippen molar-refractivity contribution in [2.24, 2.45) is 5.92 Å². The molecule has 0 bridgehead atoms. The van der Waals surface area contributed by atoms with Crippen LogP contribution in [0.25, 0.3) is 5.57 Å². The lowest BCUT2D eigenvalue weighted by Crippen LogP contribution is -2.14. The van der Waals surface area contributed by atoms with E-state index in [1.54, 1.807) is 0 Å². The number of amides is 1. The summed E-state index contributed by atoms with van der Waals surface area (Å²) in [5.74, 6) is -1.12. The number of carbonyl (C=O) groups is 1. The largest absolute Gasteiger partial charge is 0.298 e. The molecular weight excluding hydrogens is 413 g/mol. The van der Waals surface area contributed by atoms with Crippen molar-refractivity contribution in [2.75, 3.05) is 11.6 Å². The van der Waals surface area contributed by atoms with Gasteiger partial charge in [0.15, 0.2) is 20.1 Å². The first-order chi connectivity index (χ1) is 13.1. The second kappa shape index (κ2) is 8.04. The molecule has 0 aliphatic heterocycles. The van der Waals surface area contributed by atoms with Gasteiger partial charge in [0.1, 0.15) is 12.3 Å². The number of alkyl halides is 2. The van der Waals surface area contributed by atoms with Crippen LogP contribution < -0.4 is 5.32 Å². The molecule has 1 aromatic heterocycles. The summed E-state index contributed by atoms with van der Waals surface area (Å²) in [5, 5.41) is 1.92. The zero-order valence-electron chi connectivity index (χ0n) is 14.7. The fourth-order valence-electron chi connectivity index (χ4n) is 3.00. The maximum absolute atomic E-state index is 13.5. The van der Waals surface area contributed by atoms with E-state index in [1.807, 2.05) is 0 Å². The van der Waals surface area contributed by atoms with E-state index < -0.39 is 39.1 Å². The monoisotopic (exact) mass is 430 g/mol. The molecule has 2 unspecified atom stereocenters. The molecule has 1 heterocycles. The minimum atomic E-state index is -3.42. The van der Waals surface area contributed by atoms with Crippen LogP contribution in [0.15, 0.2) is 41.4 Å². The minimum Gasteiger partial charge on any atom is -0.298 e. The lowest BCUT2D eigenvalue weighted by molar-refractivity contribution is -0.111. The number of halogens is 3. The van der Waals surface area contributed by atoms with Gasteiger partial charge in [-0.15, -0.1) is 0 Å². The van der Waals surface area contributed by atoms with Gasteiger partial charge in [-0.25, -0.2) is 22.2 Å². The van der Waals surface area contributed by atoms with Crippen LogP contribution in [0.3, 0.4) is 0 Å². The van der Waals surface area contributed by atoms with E-state index in [9.17, 15) is 26.4 Å². The topological polar surface area (TPSA) is 76.1 Å². The molecule has 1 aliphatic carbocycles. The van der Waals surface area contributed by atoms with Crippen LogP contribution in [-0.2, 0) is 14.6 Å². The van der Waals surface area contributed by atoms with Crippen LogP contribution >= 0.6 is 11.3 Å². The summed E-state index contributed by atoms with van der Waals surface area (Å²) in [6.07, 6.45) is 0.210. The highest BCUT2D eigenvalue weighted by molar-refractivity contribution is 7.90. The second-order valence-corrected chi connectivity index (χ2v) is 9.56. The maximum atomic E-state index is 13.5. The highest BCUT2D eigenvalue weighted by atomic mass is 32.2.